The maximum Gasteiger partial charge on any atom is 0.309 e. The molecule has 8 heteroatoms. The van der Waals surface area contributed by atoms with Crippen LogP contribution in [-0.2, 0) is 38.6 Å². The number of allylic oxidation sites excluding steroid dienone is 2. The zero-order chi connectivity index (χ0) is 34.8. The first-order chi connectivity index (χ1) is 23.1. The van der Waals surface area contributed by atoms with Crippen molar-refractivity contribution in [3.63, 3.8) is 0 Å². The Labute approximate surface area is 285 Å². The molecule has 2 amide bonds. The number of carbonyl (C=O) groups excluding carboxylic acids is 3. The van der Waals surface area contributed by atoms with Gasteiger partial charge in [-0.15, -0.1) is 13.2 Å². The van der Waals surface area contributed by atoms with E-state index in [1.807, 2.05) is 84.9 Å². The third-order valence-electron chi connectivity index (χ3n) is 7.91. The molecule has 3 aromatic rings. The quantitative estimate of drug-likeness (QED) is 0.0941. The van der Waals surface area contributed by atoms with Gasteiger partial charge in [0, 0.05) is 6.42 Å². The summed E-state index contributed by atoms with van der Waals surface area (Å²) < 4.78 is 11.5. The molecule has 0 unspecified atom stereocenters. The number of aliphatic hydroxyl groups excluding tert-OH is 1. The fourth-order valence-electron chi connectivity index (χ4n) is 5.27. The molecular weight excluding hydrogens is 604 g/mol. The van der Waals surface area contributed by atoms with Crippen LogP contribution in [0.1, 0.15) is 56.2 Å². The van der Waals surface area contributed by atoms with Crippen molar-refractivity contribution in [2.24, 2.45) is 11.8 Å². The topological polar surface area (TPSA) is 114 Å². The summed E-state index contributed by atoms with van der Waals surface area (Å²) in [5.41, 5.74) is 2.17. The number of hydrogen-bond acceptors (Lipinski definition) is 6. The molecule has 0 aliphatic carbocycles. The van der Waals surface area contributed by atoms with E-state index >= 15 is 0 Å². The number of carbonyl (C=O) groups is 3. The van der Waals surface area contributed by atoms with Crippen LogP contribution in [0.3, 0.4) is 0 Å². The van der Waals surface area contributed by atoms with E-state index in [9.17, 15) is 19.5 Å². The molecule has 0 aliphatic rings. The molecule has 0 heterocycles. The van der Waals surface area contributed by atoms with Gasteiger partial charge in [0.05, 0.1) is 30.0 Å². The highest BCUT2D eigenvalue weighted by Crippen LogP contribution is 2.19. The van der Waals surface area contributed by atoms with Gasteiger partial charge in [-0.25, -0.2) is 0 Å². The fraction of sp³-hybridized carbons (Fsp3) is 0.375. The lowest BCUT2D eigenvalue weighted by atomic mass is 9.94. The standard InChI is InChI=1S/C40H50N2O6/c1-5-7-19-34(24-30-15-10-8-11-16-30)39(46)48-29-40(3,4)42-38(45)33(14-6-2)26-37(44)41-35(27-43)25-31-20-22-36(23-21-31)47-28-32-17-12-9-13-18-32/h5-6,8-13,15-18,20-23,33-35,43H,1-2,7,14,19,24-29H2,3-4H3,(H,41,44)(H,42,45)/t33-,34-,35+/m1/s1. The molecule has 3 N–H and O–H groups in total. The third-order valence-corrected chi connectivity index (χ3v) is 7.91. The molecule has 3 rings (SSSR count). The third kappa shape index (κ3) is 13.6. The van der Waals surface area contributed by atoms with E-state index in [0.29, 0.717) is 32.3 Å². The molecule has 0 bridgehead atoms. The summed E-state index contributed by atoms with van der Waals surface area (Å²) in [7, 11) is 0. The van der Waals surface area contributed by atoms with Crippen molar-refractivity contribution in [3.05, 3.63) is 127 Å². The smallest absolute Gasteiger partial charge is 0.309 e. The van der Waals surface area contributed by atoms with Crippen molar-refractivity contribution in [1.29, 1.82) is 0 Å². The molecule has 3 aromatic carbocycles. The Morgan fingerprint density at radius 3 is 2.06 bits per heavy atom. The summed E-state index contributed by atoms with van der Waals surface area (Å²) in [6, 6.07) is 26.7. The van der Waals surface area contributed by atoms with Crippen LogP contribution in [0, 0.1) is 11.8 Å². The zero-order valence-corrected chi connectivity index (χ0v) is 28.2. The van der Waals surface area contributed by atoms with Gasteiger partial charge in [0.15, 0.2) is 0 Å². The van der Waals surface area contributed by atoms with Crippen molar-refractivity contribution in [2.45, 2.75) is 70.6 Å². The first-order valence-corrected chi connectivity index (χ1v) is 16.5. The Bertz CT molecular complexity index is 1440. The Balaban J connectivity index is 1.50. The van der Waals surface area contributed by atoms with Gasteiger partial charge in [-0.2, -0.15) is 0 Å². The van der Waals surface area contributed by atoms with Crippen LogP contribution in [0.5, 0.6) is 5.75 Å². The molecular formula is C40H50N2O6. The normalized spacial score (nSPS) is 13.0. The van der Waals surface area contributed by atoms with Gasteiger partial charge in [-0.3, -0.25) is 14.4 Å². The van der Waals surface area contributed by atoms with Gasteiger partial charge < -0.3 is 25.2 Å². The molecule has 0 radical (unpaired) electrons. The molecule has 8 nitrogen and oxygen atoms in total. The van der Waals surface area contributed by atoms with Crippen LogP contribution < -0.4 is 15.4 Å². The first-order valence-electron chi connectivity index (χ1n) is 16.5. The Morgan fingerprint density at radius 2 is 1.46 bits per heavy atom. The maximum atomic E-state index is 13.3. The van der Waals surface area contributed by atoms with Crippen LogP contribution in [0.4, 0.5) is 0 Å². The second kappa shape index (κ2) is 19.9. The zero-order valence-electron chi connectivity index (χ0n) is 28.2. The van der Waals surface area contributed by atoms with Gasteiger partial charge in [-0.1, -0.05) is 84.9 Å². The van der Waals surface area contributed by atoms with Crippen LogP contribution in [0.25, 0.3) is 0 Å². The van der Waals surface area contributed by atoms with Crippen LogP contribution in [-0.4, -0.2) is 47.7 Å². The number of nitrogens with one attached hydrogen (secondary N) is 2. The molecule has 3 atom stereocenters. The minimum Gasteiger partial charge on any atom is -0.489 e. The average Bonchev–Trinajstić information content (AvgIpc) is 3.09. The van der Waals surface area contributed by atoms with E-state index < -0.39 is 17.5 Å². The number of amides is 2. The average molecular weight is 655 g/mol. The minimum atomic E-state index is -0.872. The van der Waals surface area contributed by atoms with Crippen LogP contribution in [0.2, 0.25) is 0 Å². The summed E-state index contributed by atoms with van der Waals surface area (Å²) >= 11 is 0. The molecule has 48 heavy (non-hydrogen) atoms. The highest BCUT2D eigenvalue weighted by atomic mass is 16.5. The summed E-state index contributed by atoms with van der Waals surface area (Å²) in [5, 5.41) is 15.8. The summed E-state index contributed by atoms with van der Waals surface area (Å²) in [6.07, 6.45) is 5.85. The summed E-state index contributed by atoms with van der Waals surface area (Å²) in [5.74, 6) is -1.31. The first kappa shape index (κ1) is 37.8. The van der Waals surface area contributed by atoms with Gasteiger partial charge in [0.25, 0.3) is 0 Å². The van der Waals surface area contributed by atoms with Crippen molar-refractivity contribution in [3.8, 4) is 5.75 Å². The predicted octanol–water partition coefficient (Wildman–Crippen LogP) is 6.13. The van der Waals surface area contributed by atoms with Crippen molar-refractivity contribution in [1.82, 2.24) is 10.6 Å². The predicted molar refractivity (Wildman–Crippen MR) is 189 cm³/mol. The summed E-state index contributed by atoms with van der Waals surface area (Å²) in [4.78, 5) is 39.4. The number of rotatable bonds is 21. The lowest BCUT2D eigenvalue weighted by molar-refractivity contribution is -0.151. The van der Waals surface area contributed by atoms with Crippen molar-refractivity contribution >= 4 is 17.8 Å². The van der Waals surface area contributed by atoms with Gasteiger partial charge >= 0.3 is 5.97 Å². The van der Waals surface area contributed by atoms with E-state index in [0.717, 1.165) is 22.4 Å². The van der Waals surface area contributed by atoms with E-state index in [1.165, 1.54) is 0 Å². The molecule has 0 aliphatic heterocycles. The summed E-state index contributed by atoms with van der Waals surface area (Å²) in [6.45, 7) is 11.3. The molecule has 0 fully saturated rings. The number of benzene rings is 3. The molecule has 256 valence electrons. The molecule has 0 saturated carbocycles. The number of esters is 1. The Kier molecular flexibility index (Phi) is 15.6. The van der Waals surface area contributed by atoms with E-state index in [1.54, 1.807) is 26.0 Å². The lowest BCUT2D eigenvalue weighted by Gasteiger charge is -2.29. The second-order valence-electron chi connectivity index (χ2n) is 12.7. The lowest BCUT2D eigenvalue weighted by Crippen LogP contribution is -2.50. The molecule has 0 aromatic heterocycles. The van der Waals surface area contributed by atoms with E-state index in [-0.39, 0.29) is 49.8 Å². The highest BCUT2D eigenvalue weighted by Gasteiger charge is 2.30. The second-order valence-corrected chi connectivity index (χ2v) is 12.7. The number of hydrogen-bond donors (Lipinski definition) is 3. The van der Waals surface area contributed by atoms with E-state index in [4.69, 9.17) is 9.47 Å². The van der Waals surface area contributed by atoms with E-state index in [2.05, 4.69) is 23.8 Å². The fourth-order valence-corrected chi connectivity index (χ4v) is 5.27. The number of aliphatic hydroxyl groups is 1. The van der Waals surface area contributed by atoms with Crippen molar-refractivity contribution in [2.75, 3.05) is 13.2 Å². The van der Waals surface area contributed by atoms with Crippen LogP contribution in [0.15, 0.2) is 110 Å². The largest absolute Gasteiger partial charge is 0.489 e. The molecule has 0 spiro atoms. The van der Waals surface area contributed by atoms with Gasteiger partial charge in [0.1, 0.15) is 19.0 Å². The molecule has 0 saturated heterocycles. The highest BCUT2D eigenvalue weighted by molar-refractivity contribution is 5.86. The monoisotopic (exact) mass is 654 g/mol. The van der Waals surface area contributed by atoms with Crippen LogP contribution >= 0.6 is 0 Å². The van der Waals surface area contributed by atoms with Crippen molar-refractivity contribution < 1.29 is 29.0 Å². The van der Waals surface area contributed by atoms with Gasteiger partial charge in [-0.05, 0) is 74.8 Å². The van der Waals surface area contributed by atoms with Gasteiger partial charge in [0.2, 0.25) is 11.8 Å². The minimum absolute atomic E-state index is 0.0212. The number of ether oxygens (including phenoxy) is 2. The maximum absolute atomic E-state index is 13.3. The Hall–Kier alpha value is -4.69. The Morgan fingerprint density at radius 1 is 0.833 bits per heavy atom. The SMILES string of the molecule is C=CCC[C@H](Cc1ccccc1)C(=O)OCC(C)(C)NC(=O)[C@H](CC=C)CC(=O)N[C@H](CO)Cc1ccc(OCc2ccccc2)cc1.